The van der Waals surface area contributed by atoms with Gasteiger partial charge in [0.1, 0.15) is 17.3 Å². The van der Waals surface area contributed by atoms with Crippen LogP contribution in [0.5, 0.6) is 5.75 Å². The molecule has 1 heterocycles. The fourth-order valence-electron chi connectivity index (χ4n) is 3.18. The number of amides is 1. The summed E-state index contributed by atoms with van der Waals surface area (Å²) < 4.78 is 11.5. The molecular formula is C24H28N4O5S. The molecule has 0 bridgehead atoms. The number of ether oxygens (including phenoxy) is 2. The highest BCUT2D eigenvalue weighted by Gasteiger charge is 2.17. The number of rotatable bonds is 12. The molecule has 0 spiro atoms. The minimum absolute atomic E-state index is 0.121. The molecule has 0 unspecified atom stereocenters. The first-order chi connectivity index (χ1) is 16.5. The quantitative estimate of drug-likeness (QED) is 0.339. The molecule has 0 aliphatic carbocycles. The van der Waals surface area contributed by atoms with Crippen LogP contribution in [0.1, 0.15) is 12.0 Å². The third-order valence-electron chi connectivity index (χ3n) is 4.95. The third kappa shape index (κ3) is 7.00. The molecule has 0 saturated heterocycles. The van der Waals surface area contributed by atoms with Crippen molar-refractivity contribution >= 4 is 29.2 Å². The van der Waals surface area contributed by atoms with Crippen molar-refractivity contribution < 1.29 is 14.3 Å². The maximum Gasteiger partial charge on any atom is 0.330 e. The van der Waals surface area contributed by atoms with E-state index in [1.807, 2.05) is 54.6 Å². The number of anilines is 2. The van der Waals surface area contributed by atoms with Gasteiger partial charge >= 0.3 is 5.69 Å². The molecule has 0 saturated carbocycles. The van der Waals surface area contributed by atoms with Crippen molar-refractivity contribution in [2.75, 3.05) is 37.2 Å². The van der Waals surface area contributed by atoms with E-state index in [9.17, 15) is 14.4 Å². The van der Waals surface area contributed by atoms with Gasteiger partial charge in [-0.2, -0.15) is 0 Å². The van der Waals surface area contributed by atoms with Gasteiger partial charge in [0.15, 0.2) is 0 Å². The van der Waals surface area contributed by atoms with Crippen molar-refractivity contribution in [1.29, 1.82) is 0 Å². The van der Waals surface area contributed by atoms with Crippen molar-refractivity contribution in [2.45, 2.75) is 24.4 Å². The second-order valence-electron chi connectivity index (χ2n) is 7.29. The Bertz CT molecular complexity index is 1190. The molecule has 180 valence electrons. The molecule has 9 nitrogen and oxygen atoms in total. The van der Waals surface area contributed by atoms with Crippen LogP contribution in [0.25, 0.3) is 0 Å². The topological polar surface area (TPSA) is 114 Å². The van der Waals surface area contributed by atoms with Crippen LogP contribution in [0.15, 0.2) is 69.1 Å². The number of nitrogens with one attached hydrogen (secondary N) is 3. The molecule has 1 amide bonds. The molecule has 0 aliphatic heterocycles. The van der Waals surface area contributed by atoms with Crippen LogP contribution in [0.4, 0.5) is 11.5 Å². The van der Waals surface area contributed by atoms with Gasteiger partial charge in [-0.25, -0.2) is 4.79 Å². The largest absolute Gasteiger partial charge is 0.497 e. The second kappa shape index (κ2) is 12.7. The van der Waals surface area contributed by atoms with E-state index in [1.165, 1.54) is 23.4 Å². The molecular weight excluding hydrogens is 456 g/mol. The summed E-state index contributed by atoms with van der Waals surface area (Å²) in [5.41, 5.74) is -0.145. The minimum Gasteiger partial charge on any atom is -0.497 e. The molecule has 34 heavy (non-hydrogen) atoms. The van der Waals surface area contributed by atoms with E-state index in [0.29, 0.717) is 12.3 Å². The zero-order valence-electron chi connectivity index (χ0n) is 19.1. The monoisotopic (exact) mass is 484 g/mol. The van der Waals surface area contributed by atoms with Crippen LogP contribution in [0.2, 0.25) is 0 Å². The Kier molecular flexibility index (Phi) is 9.36. The van der Waals surface area contributed by atoms with Crippen LogP contribution < -0.4 is 26.6 Å². The average Bonchev–Trinajstić information content (AvgIpc) is 2.84. The Balaban J connectivity index is 1.75. The van der Waals surface area contributed by atoms with Crippen LogP contribution in [0, 0.1) is 0 Å². The lowest BCUT2D eigenvalue weighted by Crippen LogP contribution is -2.36. The molecule has 0 radical (unpaired) electrons. The number of methoxy groups -OCH3 is 2. The zero-order chi connectivity index (χ0) is 24.3. The van der Waals surface area contributed by atoms with E-state index in [1.54, 1.807) is 7.11 Å². The van der Waals surface area contributed by atoms with Crippen LogP contribution in [-0.4, -0.2) is 42.0 Å². The van der Waals surface area contributed by atoms with Gasteiger partial charge in [-0.15, -0.1) is 11.8 Å². The van der Waals surface area contributed by atoms with Gasteiger partial charge in [0.2, 0.25) is 5.91 Å². The molecule has 1 aromatic heterocycles. The zero-order valence-corrected chi connectivity index (χ0v) is 19.9. The molecule has 3 aromatic rings. The molecule has 0 fully saturated rings. The van der Waals surface area contributed by atoms with E-state index < -0.39 is 11.2 Å². The minimum atomic E-state index is -0.616. The lowest BCUT2D eigenvalue weighted by atomic mass is 10.2. The van der Waals surface area contributed by atoms with Crippen LogP contribution in [-0.2, 0) is 22.6 Å². The van der Waals surface area contributed by atoms with Crippen LogP contribution >= 0.6 is 11.8 Å². The highest BCUT2D eigenvalue weighted by molar-refractivity contribution is 7.99. The summed E-state index contributed by atoms with van der Waals surface area (Å²) in [6.45, 7) is 0.755. The molecule has 3 N–H and O–H groups in total. The van der Waals surface area contributed by atoms with Crippen molar-refractivity contribution in [3.63, 3.8) is 0 Å². The van der Waals surface area contributed by atoms with Gasteiger partial charge in [-0.1, -0.05) is 30.3 Å². The average molecular weight is 485 g/mol. The predicted octanol–water partition coefficient (Wildman–Crippen LogP) is 2.92. The first-order valence-corrected chi connectivity index (χ1v) is 11.7. The summed E-state index contributed by atoms with van der Waals surface area (Å²) in [5.74, 6) is 1.11. The first-order valence-electron chi connectivity index (χ1n) is 10.7. The SMILES string of the molecule is COCCn1c(NC(=O)CCSc2ccc(OC)cc2)c(NCc2ccccc2)c(=O)[nH]c1=O. The number of nitrogens with zero attached hydrogens (tertiary/aromatic N) is 1. The van der Waals surface area contributed by atoms with Crippen molar-refractivity contribution in [1.82, 2.24) is 9.55 Å². The van der Waals surface area contributed by atoms with E-state index in [4.69, 9.17) is 9.47 Å². The Hall–Kier alpha value is -3.50. The maximum absolute atomic E-state index is 12.7. The van der Waals surface area contributed by atoms with Crippen LogP contribution in [0.3, 0.4) is 0 Å². The highest BCUT2D eigenvalue weighted by atomic mass is 32.2. The highest BCUT2D eigenvalue weighted by Crippen LogP contribution is 2.22. The summed E-state index contributed by atoms with van der Waals surface area (Å²) in [5, 5.41) is 5.83. The maximum atomic E-state index is 12.7. The van der Waals surface area contributed by atoms with E-state index in [0.717, 1.165) is 16.2 Å². The third-order valence-corrected chi connectivity index (χ3v) is 5.96. The summed E-state index contributed by atoms with van der Waals surface area (Å²) in [6, 6.07) is 17.1. The van der Waals surface area contributed by atoms with Gasteiger partial charge in [-0.05, 0) is 29.8 Å². The van der Waals surface area contributed by atoms with E-state index in [-0.39, 0.29) is 37.0 Å². The molecule has 3 rings (SSSR count). The van der Waals surface area contributed by atoms with Crippen molar-refractivity contribution in [3.05, 3.63) is 81.0 Å². The Morgan fingerprint density at radius 3 is 2.47 bits per heavy atom. The van der Waals surface area contributed by atoms with Gasteiger partial charge in [0, 0.05) is 30.7 Å². The summed E-state index contributed by atoms with van der Waals surface area (Å²) in [7, 11) is 3.12. The molecule has 0 aliphatic rings. The summed E-state index contributed by atoms with van der Waals surface area (Å²) in [4.78, 5) is 41.2. The number of aromatic amines is 1. The number of carbonyl (C=O) groups is 1. The number of carbonyl (C=O) groups excluding carboxylic acids is 1. The molecule has 0 atom stereocenters. The van der Waals surface area contributed by atoms with Gasteiger partial charge in [0.05, 0.1) is 20.3 Å². The van der Waals surface area contributed by atoms with Crippen molar-refractivity contribution in [3.8, 4) is 5.75 Å². The predicted molar refractivity (Wildman–Crippen MR) is 134 cm³/mol. The summed E-state index contributed by atoms with van der Waals surface area (Å²) in [6.07, 6.45) is 0.195. The molecule has 2 aromatic carbocycles. The lowest BCUT2D eigenvalue weighted by Gasteiger charge is -2.17. The smallest absolute Gasteiger partial charge is 0.330 e. The van der Waals surface area contributed by atoms with E-state index in [2.05, 4.69) is 15.6 Å². The Morgan fingerprint density at radius 1 is 1.06 bits per heavy atom. The first kappa shape index (κ1) is 25.1. The lowest BCUT2D eigenvalue weighted by molar-refractivity contribution is -0.115. The normalized spacial score (nSPS) is 10.6. The number of aromatic nitrogens is 2. The molecule has 10 heteroatoms. The number of hydrogen-bond acceptors (Lipinski definition) is 7. The fraction of sp³-hybridized carbons (Fsp3) is 0.292. The van der Waals surface area contributed by atoms with Gasteiger partial charge in [0.25, 0.3) is 5.56 Å². The number of H-pyrrole nitrogens is 1. The number of benzene rings is 2. The fourth-order valence-corrected chi connectivity index (χ4v) is 4.03. The standard InChI is InChI=1S/C24H28N4O5S/c1-32-14-13-28-22(26-20(29)12-15-34-19-10-8-18(33-2)9-11-19)21(23(30)27-24(28)31)25-16-17-6-4-3-5-7-17/h3-11,25H,12-16H2,1-2H3,(H,26,29)(H,27,30,31). The number of hydrogen-bond donors (Lipinski definition) is 3. The number of thioether (sulfide) groups is 1. The summed E-state index contributed by atoms with van der Waals surface area (Å²) >= 11 is 1.53. The van der Waals surface area contributed by atoms with Gasteiger partial charge < -0.3 is 20.1 Å². The van der Waals surface area contributed by atoms with Gasteiger partial charge in [-0.3, -0.25) is 19.1 Å². The van der Waals surface area contributed by atoms with E-state index >= 15 is 0 Å². The van der Waals surface area contributed by atoms with Crippen molar-refractivity contribution in [2.24, 2.45) is 0 Å². The second-order valence-corrected chi connectivity index (χ2v) is 8.46. The Labute approximate surface area is 201 Å². The Morgan fingerprint density at radius 2 is 1.79 bits per heavy atom.